The molecule has 0 bridgehead atoms. The van der Waals surface area contributed by atoms with Crippen molar-refractivity contribution in [1.82, 2.24) is 5.32 Å². The van der Waals surface area contributed by atoms with Crippen LogP contribution in [0.25, 0.3) is 0 Å². The molecule has 2 nitrogen and oxygen atoms in total. The first-order chi connectivity index (χ1) is 8.56. The van der Waals surface area contributed by atoms with Gasteiger partial charge in [0.15, 0.2) is 0 Å². The third-order valence-electron chi connectivity index (χ3n) is 3.56. The Labute approximate surface area is 111 Å². The van der Waals surface area contributed by atoms with Gasteiger partial charge in [0.2, 0.25) is 0 Å². The van der Waals surface area contributed by atoms with Gasteiger partial charge >= 0.3 is 0 Å². The molecule has 1 aromatic rings. The Kier molecular flexibility index (Phi) is 4.41. The second-order valence-corrected chi connectivity index (χ2v) is 5.89. The first-order valence-electron chi connectivity index (χ1n) is 6.99. The molecule has 1 saturated heterocycles. The Morgan fingerprint density at radius 1 is 1.28 bits per heavy atom. The summed E-state index contributed by atoms with van der Waals surface area (Å²) in [6.07, 6.45) is 1.70. The molecule has 1 aromatic carbocycles. The predicted molar refractivity (Wildman–Crippen MR) is 75.9 cm³/mol. The summed E-state index contributed by atoms with van der Waals surface area (Å²) in [6.45, 7) is 10.7. The fourth-order valence-electron chi connectivity index (χ4n) is 2.74. The van der Waals surface area contributed by atoms with Gasteiger partial charge in [-0.25, -0.2) is 0 Å². The number of nitrogens with one attached hydrogen (secondary N) is 1. The number of hydrogen-bond donors (Lipinski definition) is 1. The Morgan fingerprint density at radius 3 is 2.72 bits per heavy atom. The van der Waals surface area contributed by atoms with Crippen LogP contribution in [0.5, 0.6) is 0 Å². The predicted octanol–water partition coefficient (Wildman–Crippen LogP) is 3.38. The molecule has 2 unspecified atom stereocenters. The summed E-state index contributed by atoms with van der Waals surface area (Å²) in [6, 6.07) is 6.64. The van der Waals surface area contributed by atoms with Crippen molar-refractivity contribution in [3.63, 3.8) is 0 Å². The minimum absolute atomic E-state index is 0.211. The van der Waals surface area contributed by atoms with Gasteiger partial charge in [0.05, 0.1) is 12.2 Å². The molecule has 0 aromatic heterocycles. The van der Waals surface area contributed by atoms with E-state index in [2.05, 4.69) is 51.2 Å². The van der Waals surface area contributed by atoms with Crippen LogP contribution < -0.4 is 5.32 Å². The van der Waals surface area contributed by atoms with Crippen LogP contribution in [-0.2, 0) is 4.74 Å². The van der Waals surface area contributed by atoms with E-state index in [0.717, 1.165) is 19.5 Å². The SMILES string of the molecule is Cc1ccc(C2CNCC(CC(C)C)O2)c(C)c1. The maximum Gasteiger partial charge on any atom is 0.0956 e. The Hall–Kier alpha value is -0.860. The van der Waals surface area contributed by atoms with E-state index in [1.54, 1.807) is 0 Å². The summed E-state index contributed by atoms with van der Waals surface area (Å²) >= 11 is 0. The van der Waals surface area contributed by atoms with E-state index in [9.17, 15) is 0 Å². The van der Waals surface area contributed by atoms with Gasteiger partial charge in [0.1, 0.15) is 0 Å². The van der Waals surface area contributed by atoms with Gasteiger partial charge in [-0.3, -0.25) is 0 Å². The summed E-state index contributed by atoms with van der Waals surface area (Å²) in [5.41, 5.74) is 3.99. The second kappa shape index (κ2) is 5.85. The first-order valence-corrected chi connectivity index (χ1v) is 6.99. The van der Waals surface area contributed by atoms with Crippen LogP contribution in [0.2, 0.25) is 0 Å². The summed E-state index contributed by atoms with van der Waals surface area (Å²) in [7, 11) is 0. The van der Waals surface area contributed by atoms with Gasteiger partial charge in [0.25, 0.3) is 0 Å². The molecule has 1 N–H and O–H groups in total. The lowest BCUT2D eigenvalue weighted by Crippen LogP contribution is -2.41. The topological polar surface area (TPSA) is 21.3 Å². The highest BCUT2D eigenvalue weighted by Gasteiger charge is 2.24. The minimum Gasteiger partial charge on any atom is -0.368 e. The second-order valence-electron chi connectivity index (χ2n) is 5.89. The largest absolute Gasteiger partial charge is 0.368 e. The Bertz CT molecular complexity index is 400. The van der Waals surface area contributed by atoms with E-state index in [-0.39, 0.29) is 6.10 Å². The molecular weight excluding hydrogens is 222 g/mol. The fourth-order valence-corrected chi connectivity index (χ4v) is 2.74. The number of hydrogen-bond acceptors (Lipinski definition) is 2. The lowest BCUT2D eigenvalue weighted by atomic mass is 9.98. The highest BCUT2D eigenvalue weighted by atomic mass is 16.5. The zero-order chi connectivity index (χ0) is 13.1. The number of morpholine rings is 1. The van der Waals surface area contributed by atoms with Crippen LogP contribution in [0.15, 0.2) is 18.2 Å². The molecular formula is C16H25NO. The van der Waals surface area contributed by atoms with Crippen molar-refractivity contribution >= 4 is 0 Å². The highest BCUT2D eigenvalue weighted by molar-refractivity contribution is 5.32. The average molecular weight is 247 g/mol. The molecule has 0 amide bonds. The molecule has 1 aliphatic heterocycles. The van der Waals surface area contributed by atoms with E-state index in [0.29, 0.717) is 12.0 Å². The zero-order valence-electron chi connectivity index (χ0n) is 12.0. The van der Waals surface area contributed by atoms with Crippen molar-refractivity contribution in [2.24, 2.45) is 5.92 Å². The van der Waals surface area contributed by atoms with Crippen LogP contribution in [0.4, 0.5) is 0 Å². The summed E-state index contributed by atoms with van der Waals surface area (Å²) in [5, 5.41) is 3.51. The summed E-state index contributed by atoms with van der Waals surface area (Å²) in [4.78, 5) is 0. The van der Waals surface area contributed by atoms with Crippen LogP contribution in [0.1, 0.15) is 43.1 Å². The van der Waals surface area contributed by atoms with Gasteiger partial charge < -0.3 is 10.1 Å². The van der Waals surface area contributed by atoms with Crippen molar-refractivity contribution in [1.29, 1.82) is 0 Å². The van der Waals surface area contributed by atoms with Crippen molar-refractivity contribution in [3.05, 3.63) is 34.9 Å². The third-order valence-corrected chi connectivity index (χ3v) is 3.56. The molecule has 2 atom stereocenters. The number of aryl methyl sites for hydroxylation is 2. The average Bonchev–Trinajstić information content (AvgIpc) is 2.28. The lowest BCUT2D eigenvalue weighted by molar-refractivity contribution is -0.0476. The van der Waals surface area contributed by atoms with Gasteiger partial charge in [-0.2, -0.15) is 0 Å². The van der Waals surface area contributed by atoms with Crippen LogP contribution in [0, 0.1) is 19.8 Å². The third kappa shape index (κ3) is 3.33. The molecule has 0 spiro atoms. The molecule has 1 aliphatic rings. The molecule has 1 heterocycles. The maximum atomic E-state index is 6.24. The first kappa shape index (κ1) is 13.6. The number of rotatable bonds is 3. The van der Waals surface area contributed by atoms with Gasteiger partial charge in [-0.1, -0.05) is 37.6 Å². The normalized spacial score (nSPS) is 24.5. The summed E-state index contributed by atoms with van der Waals surface area (Å²) < 4.78 is 6.24. The van der Waals surface area contributed by atoms with Crippen LogP contribution in [-0.4, -0.2) is 19.2 Å². The highest BCUT2D eigenvalue weighted by Crippen LogP contribution is 2.26. The van der Waals surface area contributed by atoms with Gasteiger partial charge in [-0.15, -0.1) is 0 Å². The van der Waals surface area contributed by atoms with E-state index < -0.39 is 0 Å². The van der Waals surface area contributed by atoms with E-state index >= 15 is 0 Å². The molecule has 0 radical (unpaired) electrons. The number of ether oxygens (including phenoxy) is 1. The van der Waals surface area contributed by atoms with Crippen LogP contribution >= 0.6 is 0 Å². The fraction of sp³-hybridized carbons (Fsp3) is 0.625. The van der Waals surface area contributed by atoms with Crippen molar-refractivity contribution in [2.45, 2.75) is 46.3 Å². The standard InChI is InChI=1S/C16H25NO/c1-11(2)7-14-9-17-10-16(18-14)15-6-5-12(3)8-13(15)4/h5-6,8,11,14,16-17H,7,9-10H2,1-4H3. The monoisotopic (exact) mass is 247 g/mol. The minimum atomic E-state index is 0.211. The van der Waals surface area contributed by atoms with Crippen LogP contribution in [0.3, 0.4) is 0 Å². The maximum absolute atomic E-state index is 6.24. The molecule has 0 aliphatic carbocycles. The number of benzene rings is 1. The Balaban J connectivity index is 2.08. The summed E-state index contributed by atoms with van der Waals surface area (Å²) in [5.74, 6) is 0.690. The van der Waals surface area contributed by atoms with E-state index in [4.69, 9.17) is 4.74 Å². The molecule has 0 saturated carbocycles. The Morgan fingerprint density at radius 2 is 2.06 bits per heavy atom. The van der Waals surface area contributed by atoms with Gasteiger partial charge in [0, 0.05) is 13.1 Å². The van der Waals surface area contributed by atoms with E-state index in [1.165, 1.54) is 16.7 Å². The molecule has 100 valence electrons. The van der Waals surface area contributed by atoms with Crippen molar-refractivity contribution in [3.8, 4) is 0 Å². The molecule has 1 fully saturated rings. The molecule has 2 rings (SSSR count). The van der Waals surface area contributed by atoms with Crippen molar-refractivity contribution in [2.75, 3.05) is 13.1 Å². The van der Waals surface area contributed by atoms with E-state index in [1.807, 2.05) is 0 Å². The van der Waals surface area contributed by atoms with Gasteiger partial charge in [-0.05, 0) is 37.3 Å². The lowest BCUT2D eigenvalue weighted by Gasteiger charge is -2.33. The zero-order valence-corrected chi connectivity index (χ0v) is 12.0. The molecule has 2 heteroatoms. The quantitative estimate of drug-likeness (QED) is 0.884. The molecule has 18 heavy (non-hydrogen) atoms. The van der Waals surface area contributed by atoms with Crippen molar-refractivity contribution < 1.29 is 4.74 Å². The smallest absolute Gasteiger partial charge is 0.0956 e.